The summed E-state index contributed by atoms with van der Waals surface area (Å²) < 4.78 is 54.0. The summed E-state index contributed by atoms with van der Waals surface area (Å²) in [4.78, 5) is 8.78. The minimum Gasteiger partial charge on any atom is -0.465 e. The second-order valence-corrected chi connectivity index (χ2v) is 11.1. The Hall–Kier alpha value is -2.19. The van der Waals surface area contributed by atoms with Crippen LogP contribution in [0.25, 0.3) is 0 Å². The van der Waals surface area contributed by atoms with Crippen LogP contribution in [0.5, 0.6) is 0 Å². The number of aliphatic hydroxyl groups is 10. The lowest BCUT2D eigenvalue weighted by molar-refractivity contribution is -0.324. The number of primary amides is 1. The molecule has 13 atom stereocenters. The molecule has 3 rings (SSSR count). The van der Waals surface area contributed by atoms with Crippen LogP contribution in [0, 0.1) is 5.41 Å². The third-order valence-electron chi connectivity index (χ3n) is 6.89. The van der Waals surface area contributed by atoms with E-state index < -0.39 is 121 Å². The molecule has 280 valence electrons. The predicted octanol–water partition coefficient (Wildman–Crippen LogP) is -9.12. The summed E-state index contributed by atoms with van der Waals surface area (Å²) in [6, 6.07) is -1.07. The number of carbonyl (C=O) groups is 1. The summed E-state index contributed by atoms with van der Waals surface area (Å²) in [6.45, 7) is -0.192. The van der Waals surface area contributed by atoms with Gasteiger partial charge in [0.25, 0.3) is 0 Å². The first-order chi connectivity index (χ1) is 21.4. The van der Waals surface area contributed by atoms with Gasteiger partial charge in [-0.15, -0.1) is 0 Å². The number of guanidine groups is 1. The Morgan fingerprint density at radius 1 is 0.851 bits per heavy atom. The Morgan fingerprint density at radius 3 is 1.62 bits per heavy atom. The van der Waals surface area contributed by atoms with Crippen LogP contribution in [0.2, 0.25) is 0 Å². The smallest absolute Gasteiger partial charge is 0.402 e. The van der Waals surface area contributed by atoms with Crippen molar-refractivity contribution in [3.05, 3.63) is 0 Å². The maximum absolute atomic E-state index is 11.1. The van der Waals surface area contributed by atoms with Crippen molar-refractivity contribution < 1.29 is 97.4 Å². The lowest BCUT2D eigenvalue weighted by Crippen LogP contribution is -2.67. The molecule has 1 amide bonds. The van der Waals surface area contributed by atoms with E-state index in [1.165, 1.54) is 14.0 Å². The van der Waals surface area contributed by atoms with Gasteiger partial charge in [-0.1, -0.05) is 0 Å². The first-order valence-corrected chi connectivity index (χ1v) is 14.6. The fourth-order valence-corrected chi connectivity index (χ4v) is 4.52. The number of rotatable bonds is 7. The lowest BCUT2D eigenvalue weighted by Gasteiger charge is -2.45. The molecule has 3 fully saturated rings. The number of carboxylic acid groups (broad SMARTS) is 1. The van der Waals surface area contributed by atoms with E-state index in [-0.39, 0.29) is 5.96 Å². The fourth-order valence-electron chi connectivity index (χ4n) is 4.52. The monoisotopic (exact) mass is 719 g/mol. The van der Waals surface area contributed by atoms with Gasteiger partial charge in [0.05, 0.1) is 25.4 Å². The van der Waals surface area contributed by atoms with Crippen LogP contribution in [-0.4, -0.2) is 197 Å². The Kier molecular flexibility index (Phi) is 18.2. The maximum Gasteiger partial charge on any atom is 0.402 e. The highest BCUT2D eigenvalue weighted by atomic mass is 32.3. The van der Waals surface area contributed by atoms with E-state index in [1.807, 2.05) is 0 Å². The fraction of sp³-hybridized carbons (Fsp3) is 0.905. The molecule has 47 heavy (non-hydrogen) atoms. The van der Waals surface area contributed by atoms with Crippen LogP contribution in [0.1, 0.15) is 6.92 Å². The molecule has 1 saturated carbocycles. The van der Waals surface area contributed by atoms with Crippen LogP contribution in [0.4, 0.5) is 4.79 Å². The molecule has 2 heterocycles. The zero-order valence-electron chi connectivity index (χ0n) is 24.8. The van der Waals surface area contributed by atoms with Crippen LogP contribution >= 0.6 is 0 Å². The third kappa shape index (κ3) is 13.0. The highest BCUT2D eigenvalue weighted by Crippen LogP contribution is 2.38. The van der Waals surface area contributed by atoms with E-state index in [0.717, 1.165) is 0 Å². The average Bonchev–Trinajstić information content (AvgIpc) is 3.18. The molecule has 0 aromatic carbocycles. The minimum atomic E-state index is -4.67. The first kappa shape index (κ1) is 44.8. The van der Waals surface area contributed by atoms with Crippen molar-refractivity contribution in [3.8, 4) is 0 Å². The van der Waals surface area contributed by atoms with E-state index in [0.29, 0.717) is 0 Å². The van der Waals surface area contributed by atoms with Gasteiger partial charge >= 0.3 is 16.5 Å². The van der Waals surface area contributed by atoms with Gasteiger partial charge in [-0.05, 0) is 14.0 Å². The standard InChI is InChI=1S/C19H35NO14.CH5N3.CH3NO2.H2O4S/c1-5-19(30,4-22)16(34-17-7(20-2)9(24)8(23)6(3-21)32-17)18(31-5)33-15-13(28)11(26)10(25)12(27)14(15)29;2*2-1(3)4;1-5(2,3)4/h5-18,20-30H,3-4H2,1-2H3;(H5,2,3,4);2H2,(H,3,4);(H2,1,2,3,4). The topological polar surface area (TPSA) is 465 Å². The van der Waals surface area contributed by atoms with Crippen molar-refractivity contribution in [2.24, 2.45) is 17.2 Å². The van der Waals surface area contributed by atoms with E-state index in [2.05, 4.69) is 22.5 Å². The molecule has 25 nitrogen and oxygen atoms in total. The van der Waals surface area contributed by atoms with Gasteiger partial charge in [0.1, 0.15) is 66.6 Å². The van der Waals surface area contributed by atoms with Gasteiger partial charge in [0, 0.05) is 0 Å². The van der Waals surface area contributed by atoms with Gasteiger partial charge in [0.15, 0.2) is 18.5 Å². The number of hydrogen-bond acceptors (Lipinski definition) is 19. The van der Waals surface area contributed by atoms with E-state index >= 15 is 0 Å². The molecule has 0 bridgehead atoms. The summed E-state index contributed by atoms with van der Waals surface area (Å²) in [7, 11) is -3.23. The summed E-state index contributed by atoms with van der Waals surface area (Å²) in [5.41, 5.74) is 10.9. The summed E-state index contributed by atoms with van der Waals surface area (Å²) in [6.07, 6.45) is -22.3. The van der Waals surface area contributed by atoms with Gasteiger partial charge < -0.3 is 97.6 Å². The van der Waals surface area contributed by atoms with E-state index in [4.69, 9.17) is 51.8 Å². The molecule has 0 radical (unpaired) electrons. The number of aliphatic hydroxyl groups excluding tert-OH is 9. The number of hydrogen-bond donors (Lipinski definition) is 18. The zero-order valence-corrected chi connectivity index (χ0v) is 25.6. The molecule has 2 saturated heterocycles. The number of nitrogens with one attached hydrogen (secondary N) is 2. The molecule has 0 aromatic heterocycles. The average molecular weight is 720 g/mol. The Labute approximate surface area is 266 Å². The maximum atomic E-state index is 11.1. The van der Waals surface area contributed by atoms with Gasteiger partial charge in [0.2, 0.25) is 0 Å². The predicted molar refractivity (Wildman–Crippen MR) is 149 cm³/mol. The SMILES string of the molecule is CNC1C(OC2C(OC3C(O)C(O)C(O)C(O)C3O)OC(C)C2(O)CO)OC(CO)C(O)C1O.N=C(N)N.NC(=O)O.O=S(=O)(O)O. The molecule has 0 aromatic rings. The van der Waals surface area contributed by atoms with E-state index in [9.17, 15) is 51.1 Å². The Balaban J connectivity index is 0.00000138. The number of amides is 1. The van der Waals surface area contributed by atoms with Crippen molar-refractivity contribution in [2.45, 2.75) is 98.3 Å². The molecule has 26 heteroatoms. The highest BCUT2D eigenvalue weighted by molar-refractivity contribution is 7.79. The Morgan fingerprint density at radius 2 is 1.26 bits per heavy atom. The van der Waals surface area contributed by atoms with Crippen LogP contribution in [0.3, 0.4) is 0 Å². The number of nitrogens with two attached hydrogens (primary N) is 3. The number of ether oxygens (including phenoxy) is 4. The van der Waals surface area contributed by atoms with Crippen molar-refractivity contribution in [1.29, 1.82) is 5.41 Å². The lowest BCUT2D eigenvalue weighted by atomic mass is 9.84. The van der Waals surface area contributed by atoms with Crippen molar-refractivity contribution >= 4 is 22.5 Å². The summed E-state index contributed by atoms with van der Waals surface area (Å²) in [5.74, 6) is -0.333. The molecule has 3 aliphatic rings. The zero-order chi connectivity index (χ0) is 37.2. The van der Waals surface area contributed by atoms with Crippen molar-refractivity contribution in [1.82, 2.24) is 5.32 Å². The van der Waals surface area contributed by atoms with Crippen molar-refractivity contribution in [2.75, 3.05) is 20.3 Å². The molecule has 21 N–H and O–H groups in total. The quantitative estimate of drug-likeness (QED) is 0.0659. The van der Waals surface area contributed by atoms with Crippen LogP contribution in [0.15, 0.2) is 0 Å². The van der Waals surface area contributed by atoms with Gasteiger partial charge in [-0.3, -0.25) is 14.5 Å². The molecule has 2 aliphatic heterocycles. The first-order valence-electron chi connectivity index (χ1n) is 13.2. The molecule has 13 unspecified atom stereocenters. The van der Waals surface area contributed by atoms with Crippen LogP contribution < -0.4 is 22.5 Å². The molecular formula is C21H45N5O20S. The van der Waals surface area contributed by atoms with E-state index in [1.54, 1.807) is 0 Å². The van der Waals surface area contributed by atoms with Gasteiger partial charge in [-0.2, -0.15) is 8.42 Å². The second kappa shape index (κ2) is 19.1. The Bertz CT molecular complexity index is 1040. The minimum absolute atomic E-state index is 0.333. The second-order valence-electron chi connectivity index (χ2n) is 10.2. The van der Waals surface area contributed by atoms with Crippen LogP contribution in [-0.2, 0) is 29.3 Å². The molecular weight excluding hydrogens is 674 g/mol. The van der Waals surface area contributed by atoms with Gasteiger partial charge in [-0.25, -0.2) is 4.79 Å². The third-order valence-corrected chi connectivity index (χ3v) is 6.89. The normalized spacial score (nSPS) is 41.6. The number of likely N-dealkylation sites (N-methyl/N-ethyl adjacent to an activating group) is 1. The van der Waals surface area contributed by atoms with Crippen molar-refractivity contribution in [3.63, 3.8) is 0 Å². The molecule has 1 aliphatic carbocycles. The summed E-state index contributed by atoms with van der Waals surface area (Å²) >= 11 is 0. The highest BCUT2D eigenvalue weighted by Gasteiger charge is 2.60. The summed E-state index contributed by atoms with van der Waals surface area (Å²) in [5, 5.41) is 117. The molecule has 0 spiro atoms. The largest absolute Gasteiger partial charge is 0.465 e.